The SMILES string of the molecule is CCN(CC)S(=O)(=O)c1ccc(C(C)NC(=O)c2ccccc2OCc2c(C)noc2C)cc1. The minimum atomic E-state index is -3.53. The Balaban J connectivity index is 1.71. The summed E-state index contributed by atoms with van der Waals surface area (Å²) in [5, 5.41) is 6.89. The molecule has 1 heterocycles. The van der Waals surface area contributed by atoms with Crippen molar-refractivity contribution in [3.05, 3.63) is 76.7 Å². The van der Waals surface area contributed by atoms with E-state index in [0.29, 0.717) is 30.2 Å². The van der Waals surface area contributed by atoms with Crippen molar-refractivity contribution in [2.45, 2.75) is 52.2 Å². The maximum absolute atomic E-state index is 13.0. The predicted octanol–water partition coefficient (Wildman–Crippen LogP) is 4.39. The number of para-hydroxylation sites is 1. The number of carbonyl (C=O) groups excluding carboxylic acids is 1. The van der Waals surface area contributed by atoms with E-state index in [-0.39, 0.29) is 23.5 Å². The zero-order valence-corrected chi connectivity index (χ0v) is 21.0. The number of sulfonamides is 1. The Labute approximate surface area is 201 Å². The van der Waals surface area contributed by atoms with Gasteiger partial charge in [-0.05, 0) is 50.6 Å². The number of amides is 1. The van der Waals surface area contributed by atoms with E-state index in [2.05, 4.69) is 10.5 Å². The lowest BCUT2D eigenvalue weighted by molar-refractivity contribution is 0.0935. The second-order valence-corrected chi connectivity index (χ2v) is 9.88. The first-order valence-electron chi connectivity index (χ1n) is 11.2. The van der Waals surface area contributed by atoms with Crippen molar-refractivity contribution in [1.29, 1.82) is 0 Å². The highest BCUT2D eigenvalue weighted by atomic mass is 32.2. The topological polar surface area (TPSA) is 102 Å². The van der Waals surface area contributed by atoms with Crippen molar-refractivity contribution in [1.82, 2.24) is 14.8 Å². The Hall–Kier alpha value is -3.17. The molecule has 0 saturated heterocycles. The zero-order chi connectivity index (χ0) is 24.9. The van der Waals surface area contributed by atoms with E-state index in [0.717, 1.165) is 16.8 Å². The molecule has 3 rings (SSSR count). The number of nitrogens with zero attached hydrogens (tertiary/aromatic N) is 2. The first-order chi connectivity index (χ1) is 16.2. The summed E-state index contributed by atoms with van der Waals surface area (Å²) in [5.74, 6) is 0.842. The first-order valence-corrected chi connectivity index (χ1v) is 12.7. The summed E-state index contributed by atoms with van der Waals surface area (Å²) < 4.78 is 37.9. The Bertz CT molecular complexity index is 1210. The monoisotopic (exact) mass is 485 g/mol. The molecule has 1 unspecified atom stereocenters. The van der Waals surface area contributed by atoms with Gasteiger partial charge in [-0.3, -0.25) is 4.79 Å². The second-order valence-electron chi connectivity index (χ2n) is 7.94. The maximum Gasteiger partial charge on any atom is 0.255 e. The summed E-state index contributed by atoms with van der Waals surface area (Å²) in [6.45, 7) is 10.2. The molecule has 182 valence electrons. The molecule has 1 N–H and O–H groups in total. The van der Waals surface area contributed by atoms with E-state index in [9.17, 15) is 13.2 Å². The van der Waals surface area contributed by atoms with Crippen molar-refractivity contribution in [2.75, 3.05) is 13.1 Å². The predicted molar refractivity (Wildman–Crippen MR) is 129 cm³/mol. The maximum atomic E-state index is 13.0. The van der Waals surface area contributed by atoms with Crippen LogP contribution in [0.4, 0.5) is 0 Å². The van der Waals surface area contributed by atoms with Crippen molar-refractivity contribution in [3.63, 3.8) is 0 Å². The molecule has 0 radical (unpaired) electrons. The first kappa shape index (κ1) is 25.5. The van der Waals surface area contributed by atoms with Gasteiger partial charge in [0.1, 0.15) is 18.1 Å². The molecule has 2 aromatic carbocycles. The van der Waals surface area contributed by atoms with Crippen LogP contribution in [-0.4, -0.2) is 36.9 Å². The fourth-order valence-electron chi connectivity index (χ4n) is 3.64. The number of ether oxygens (including phenoxy) is 1. The van der Waals surface area contributed by atoms with Crippen LogP contribution < -0.4 is 10.1 Å². The van der Waals surface area contributed by atoms with Crippen LogP contribution in [0.2, 0.25) is 0 Å². The van der Waals surface area contributed by atoms with E-state index >= 15 is 0 Å². The van der Waals surface area contributed by atoms with Gasteiger partial charge in [0, 0.05) is 13.1 Å². The van der Waals surface area contributed by atoms with Crippen LogP contribution in [0, 0.1) is 13.8 Å². The Morgan fingerprint density at radius 1 is 1.09 bits per heavy atom. The average Bonchev–Trinajstić information content (AvgIpc) is 3.15. The van der Waals surface area contributed by atoms with Gasteiger partial charge in [-0.2, -0.15) is 4.31 Å². The third-order valence-electron chi connectivity index (χ3n) is 5.76. The van der Waals surface area contributed by atoms with Gasteiger partial charge >= 0.3 is 0 Å². The second kappa shape index (κ2) is 10.8. The van der Waals surface area contributed by atoms with E-state index in [1.165, 1.54) is 4.31 Å². The van der Waals surface area contributed by atoms with Crippen LogP contribution in [-0.2, 0) is 16.6 Å². The molecule has 1 atom stereocenters. The molecule has 3 aromatic rings. The molecule has 0 aliphatic carbocycles. The number of rotatable bonds is 10. The van der Waals surface area contributed by atoms with Crippen LogP contribution in [0.25, 0.3) is 0 Å². The summed E-state index contributed by atoms with van der Waals surface area (Å²) in [6.07, 6.45) is 0. The molecule has 0 aliphatic rings. The smallest absolute Gasteiger partial charge is 0.255 e. The number of benzene rings is 2. The average molecular weight is 486 g/mol. The molecular formula is C25H31N3O5S. The highest BCUT2D eigenvalue weighted by Crippen LogP contribution is 2.24. The van der Waals surface area contributed by atoms with Crippen molar-refractivity contribution in [3.8, 4) is 5.75 Å². The molecule has 0 fully saturated rings. The van der Waals surface area contributed by atoms with E-state index in [1.807, 2.05) is 34.6 Å². The Kier molecular flexibility index (Phi) is 8.11. The fourth-order valence-corrected chi connectivity index (χ4v) is 5.09. The largest absolute Gasteiger partial charge is 0.488 e. The quantitative estimate of drug-likeness (QED) is 0.457. The van der Waals surface area contributed by atoms with Gasteiger partial charge < -0.3 is 14.6 Å². The van der Waals surface area contributed by atoms with E-state index < -0.39 is 10.0 Å². The van der Waals surface area contributed by atoms with Gasteiger partial charge in [0.25, 0.3) is 5.91 Å². The zero-order valence-electron chi connectivity index (χ0n) is 20.2. The van der Waals surface area contributed by atoms with Crippen molar-refractivity contribution in [2.24, 2.45) is 0 Å². The van der Waals surface area contributed by atoms with Gasteiger partial charge in [0.05, 0.1) is 27.8 Å². The van der Waals surface area contributed by atoms with Crippen LogP contribution in [0.15, 0.2) is 57.9 Å². The van der Waals surface area contributed by atoms with Crippen molar-refractivity contribution < 1.29 is 22.5 Å². The third-order valence-corrected chi connectivity index (χ3v) is 7.82. The summed E-state index contributed by atoms with van der Waals surface area (Å²) in [5.41, 5.74) is 2.80. The minimum absolute atomic E-state index is 0.233. The molecular weight excluding hydrogens is 454 g/mol. The molecule has 0 bridgehead atoms. The standard InChI is InChI=1S/C25H31N3O5S/c1-6-28(7-2)34(30,31)21-14-12-20(13-15-21)17(3)26-25(29)22-10-8-9-11-24(22)32-16-23-18(4)27-33-19(23)5/h8-15,17H,6-7,16H2,1-5H3,(H,26,29). The molecule has 0 aliphatic heterocycles. The molecule has 34 heavy (non-hydrogen) atoms. The number of aromatic nitrogens is 1. The van der Waals surface area contributed by atoms with Crippen LogP contribution in [0.5, 0.6) is 5.75 Å². The molecule has 8 nitrogen and oxygen atoms in total. The van der Waals surface area contributed by atoms with Crippen LogP contribution in [0.3, 0.4) is 0 Å². The Morgan fingerprint density at radius 2 is 1.74 bits per heavy atom. The van der Waals surface area contributed by atoms with Gasteiger partial charge in [0.2, 0.25) is 10.0 Å². The van der Waals surface area contributed by atoms with E-state index in [1.54, 1.807) is 48.5 Å². The summed E-state index contributed by atoms with van der Waals surface area (Å²) >= 11 is 0. The van der Waals surface area contributed by atoms with E-state index in [4.69, 9.17) is 9.26 Å². The van der Waals surface area contributed by atoms with Gasteiger partial charge in [0.15, 0.2) is 0 Å². The lowest BCUT2D eigenvalue weighted by atomic mass is 10.1. The molecule has 9 heteroatoms. The van der Waals surface area contributed by atoms with Crippen molar-refractivity contribution >= 4 is 15.9 Å². The van der Waals surface area contributed by atoms with Gasteiger partial charge in [-0.1, -0.05) is 43.3 Å². The van der Waals surface area contributed by atoms with Gasteiger partial charge in [-0.15, -0.1) is 0 Å². The number of aryl methyl sites for hydroxylation is 2. The molecule has 1 amide bonds. The lowest BCUT2D eigenvalue weighted by Crippen LogP contribution is -2.30. The van der Waals surface area contributed by atoms with Gasteiger partial charge in [-0.25, -0.2) is 8.42 Å². The number of hydrogen-bond acceptors (Lipinski definition) is 6. The molecule has 0 spiro atoms. The Morgan fingerprint density at radius 3 is 2.32 bits per heavy atom. The summed E-state index contributed by atoms with van der Waals surface area (Å²) in [4.78, 5) is 13.2. The fraction of sp³-hybridized carbons (Fsp3) is 0.360. The summed E-state index contributed by atoms with van der Waals surface area (Å²) in [7, 11) is -3.53. The molecule has 0 saturated carbocycles. The normalized spacial score (nSPS) is 12.5. The van der Waals surface area contributed by atoms with Crippen LogP contribution >= 0.6 is 0 Å². The highest BCUT2D eigenvalue weighted by Gasteiger charge is 2.22. The third kappa shape index (κ3) is 5.48. The number of hydrogen-bond donors (Lipinski definition) is 1. The highest BCUT2D eigenvalue weighted by molar-refractivity contribution is 7.89. The number of nitrogens with one attached hydrogen (secondary N) is 1. The lowest BCUT2D eigenvalue weighted by Gasteiger charge is -2.20. The van der Waals surface area contributed by atoms with Crippen LogP contribution in [0.1, 0.15) is 59.8 Å². The molecule has 1 aromatic heterocycles. The minimum Gasteiger partial charge on any atom is -0.488 e. The summed E-state index contributed by atoms with van der Waals surface area (Å²) in [6, 6.07) is 13.3. The number of carbonyl (C=O) groups is 1.